The van der Waals surface area contributed by atoms with E-state index in [0.717, 1.165) is 55.5 Å². The van der Waals surface area contributed by atoms with Crippen LogP contribution in [0.3, 0.4) is 0 Å². The second kappa shape index (κ2) is 9.57. The predicted octanol–water partition coefficient (Wildman–Crippen LogP) is 11.6. The number of para-hydroxylation sites is 2. The highest BCUT2D eigenvalue weighted by molar-refractivity contribution is 6.28. The topological polar surface area (TPSA) is 42.5 Å². The van der Waals surface area contributed by atoms with Gasteiger partial charge < -0.3 is 14.3 Å². The van der Waals surface area contributed by atoms with Gasteiger partial charge in [-0.1, -0.05) is 115 Å². The summed E-state index contributed by atoms with van der Waals surface area (Å²) in [6.45, 7) is 0. The molecule has 4 heteroatoms. The molecule has 0 aliphatic carbocycles. The molecule has 0 saturated heterocycles. The molecule has 0 spiro atoms. The number of nitrogens with zero attached hydrogens (tertiary/aromatic N) is 2. The maximum atomic E-state index is 6.71. The summed E-state index contributed by atoms with van der Waals surface area (Å²) in [5, 5.41) is 15.9. The largest absolute Gasteiger partial charge is 0.455 e. The van der Waals surface area contributed by atoms with Crippen LogP contribution in [0.25, 0.3) is 76.1 Å². The highest BCUT2D eigenvalue weighted by Gasteiger charge is 2.28. The molecule has 1 unspecified atom stereocenters. The van der Waals surface area contributed by atoms with Gasteiger partial charge >= 0.3 is 0 Å². The van der Waals surface area contributed by atoms with Gasteiger partial charge in [0.05, 0.1) is 16.7 Å². The van der Waals surface area contributed by atoms with Gasteiger partial charge in [0.1, 0.15) is 11.2 Å². The summed E-state index contributed by atoms with van der Waals surface area (Å²) in [6, 6.07) is 54.1. The lowest BCUT2D eigenvalue weighted by Crippen LogP contribution is -2.25. The number of hydrogen-bond donors (Lipinski definition) is 1. The maximum absolute atomic E-state index is 6.71. The number of aromatic nitrogens is 1. The van der Waals surface area contributed by atoms with Crippen molar-refractivity contribution in [2.75, 3.05) is 5.32 Å². The third-order valence-electron chi connectivity index (χ3n) is 10.2. The molecule has 3 heterocycles. The molecule has 0 fully saturated rings. The normalized spacial score (nSPS) is 14.8. The van der Waals surface area contributed by atoms with Crippen molar-refractivity contribution in [1.29, 1.82) is 0 Å². The number of aliphatic imine (C=N–C) groups is 1. The predicted molar refractivity (Wildman–Crippen MR) is 200 cm³/mol. The summed E-state index contributed by atoms with van der Waals surface area (Å²) in [4.78, 5) is 5.58. The molecule has 0 amide bonds. The first-order valence-corrected chi connectivity index (χ1v) is 16.4. The Morgan fingerprint density at radius 2 is 1.08 bits per heavy atom. The number of furan rings is 1. The molecule has 4 nitrogen and oxygen atoms in total. The Bertz CT molecular complexity index is 2910. The van der Waals surface area contributed by atoms with Crippen LogP contribution in [0.2, 0.25) is 0 Å². The Morgan fingerprint density at radius 3 is 1.81 bits per heavy atom. The van der Waals surface area contributed by atoms with Crippen LogP contribution >= 0.6 is 0 Å². The van der Waals surface area contributed by atoms with Crippen molar-refractivity contribution in [1.82, 2.24) is 4.57 Å². The molecule has 8 aromatic carbocycles. The van der Waals surface area contributed by atoms with E-state index >= 15 is 0 Å². The molecule has 2 aromatic heterocycles. The van der Waals surface area contributed by atoms with Crippen molar-refractivity contribution in [3.63, 3.8) is 0 Å². The SMILES string of the molecule is c1ccc2c(c1)NC(n1c3ccc4ccccc4c3c3c4ccccc4ccc31)N=C2c1cccc2c1oc1cc3ccccc3cc12. The van der Waals surface area contributed by atoms with Crippen molar-refractivity contribution < 1.29 is 4.42 Å². The van der Waals surface area contributed by atoms with Crippen LogP contribution in [0.1, 0.15) is 17.4 Å². The fourth-order valence-electron chi connectivity index (χ4n) is 8.03. The first-order valence-electron chi connectivity index (χ1n) is 16.4. The van der Waals surface area contributed by atoms with E-state index in [0.29, 0.717) is 0 Å². The standard InChI is InChI=1S/C44H27N3O/c1-2-13-29-25-39-35(24-28(29)12-1)32-17-9-18-34(43(32)48-39)42-33-16-7-8-19-36(33)45-44(46-42)47-37-22-20-26-10-3-5-14-30(26)40(37)41-31-15-6-4-11-27(31)21-23-38(41)47/h1-25,44-45H. The van der Waals surface area contributed by atoms with Gasteiger partial charge in [-0.25, -0.2) is 4.99 Å². The Hall–Kier alpha value is -6.39. The molecular formula is C44H27N3O. The van der Waals surface area contributed by atoms with Gasteiger partial charge in [0.15, 0.2) is 0 Å². The fourth-order valence-corrected chi connectivity index (χ4v) is 8.03. The van der Waals surface area contributed by atoms with Gasteiger partial charge in [-0.05, 0) is 68.7 Å². The molecule has 1 aliphatic rings. The lowest BCUT2D eigenvalue weighted by molar-refractivity contribution is 0.624. The third kappa shape index (κ3) is 3.52. The van der Waals surface area contributed by atoms with Gasteiger partial charge in [0.25, 0.3) is 0 Å². The molecule has 0 bridgehead atoms. The van der Waals surface area contributed by atoms with Crippen LogP contribution in [0.4, 0.5) is 5.69 Å². The maximum Gasteiger partial charge on any atom is 0.201 e. The van der Waals surface area contributed by atoms with Crippen LogP contribution in [-0.4, -0.2) is 10.3 Å². The summed E-state index contributed by atoms with van der Waals surface area (Å²) >= 11 is 0. The Balaban J connectivity index is 1.22. The first kappa shape index (κ1) is 25.8. The van der Waals surface area contributed by atoms with Gasteiger partial charge in [0.2, 0.25) is 6.29 Å². The third-order valence-corrected chi connectivity index (χ3v) is 10.2. The number of benzene rings is 8. The molecule has 0 radical (unpaired) electrons. The second-order valence-corrected chi connectivity index (χ2v) is 12.8. The average molecular weight is 614 g/mol. The van der Waals surface area contributed by atoms with Crippen molar-refractivity contribution in [3.05, 3.63) is 163 Å². The smallest absolute Gasteiger partial charge is 0.201 e. The van der Waals surface area contributed by atoms with Crippen molar-refractivity contribution >= 4 is 87.5 Å². The molecule has 1 aliphatic heterocycles. The molecule has 0 saturated carbocycles. The number of hydrogen-bond acceptors (Lipinski definition) is 3. The van der Waals surface area contributed by atoms with Crippen LogP contribution in [0.5, 0.6) is 0 Å². The molecule has 1 N–H and O–H groups in total. The van der Waals surface area contributed by atoms with Gasteiger partial charge in [-0.3, -0.25) is 0 Å². The van der Waals surface area contributed by atoms with Crippen LogP contribution in [-0.2, 0) is 0 Å². The minimum absolute atomic E-state index is 0.389. The monoisotopic (exact) mass is 613 g/mol. The van der Waals surface area contributed by atoms with Gasteiger partial charge in [-0.15, -0.1) is 0 Å². The zero-order chi connectivity index (χ0) is 31.3. The van der Waals surface area contributed by atoms with Crippen LogP contribution < -0.4 is 5.32 Å². The summed E-state index contributed by atoms with van der Waals surface area (Å²) < 4.78 is 9.09. The first-order chi connectivity index (χ1) is 23.8. The molecule has 224 valence electrons. The zero-order valence-electron chi connectivity index (χ0n) is 25.8. The van der Waals surface area contributed by atoms with E-state index in [1.165, 1.54) is 43.1 Å². The van der Waals surface area contributed by atoms with Crippen LogP contribution in [0.15, 0.2) is 161 Å². The van der Waals surface area contributed by atoms with E-state index in [1.54, 1.807) is 0 Å². The number of nitrogens with one attached hydrogen (secondary N) is 1. The van der Waals surface area contributed by atoms with Crippen molar-refractivity contribution in [3.8, 4) is 0 Å². The lowest BCUT2D eigenvalue weighted by atomic mass is 9.97. The Kier molecular flexibility index (Phi) is 5.13. The van der Waals surface area contributed by atoms with E-state index in [1.807, 2.05) is 0 Å². The summed E-state index contributed by atoms with van der Waals surface area (Å²) in [5.41, 5.74) is 8.05. The molecule has 1 atom stereocenters. The van der Waals surface area contributed by atoms with Gasteiger partial charge in [-0.2, -0.15) is 0 Å². The fraction of sp³-hybridized carbons (Fsp3) is 0.0227. The molecule has 10 aromatic rings. The lowest BCUT2D eigenvalue weighted by Gasteiger charge is -2.28. The minimum atomic E-state index is -0.389. The Morgan fingerprint density at radius 1 is 0.500 bits per heavy atom. The highest BCUT2D eigenvalue weighted by atomic mass is 16.3. The summed E-state index contributed by atoms with van der Waals surface area (Å²) in [6.07, 6.45) is -0.389. The quantitative estimate of drug-likeness (QED) is 0.211. The van der Waals surface area contributed by atoms with Crippen LogP contribution in [0, 0.1) is 0 Å². The van der Waals surface area contributed by atoms with Crippen molar-refractivity contribution in [2.45, 2.75) is 6.29 Å². The van der Waals surface area contributed by atoms with E-state index in [4.69, 9.17) is 9.41 Å². The molecule has 48 heavy (non-hydrogen) atoms. The van der Waals surface area contributed by atoms with E-state index in [-0.39, 0.29) is 6.29 Å². The van der Waals surface area contributed by atoms with E-state index < -0.39 is 0 Å². The number of rotatable bonds is 2. The number of fused-ring (bicyclic) bond motifs is 12. The zero-order valence-corrected chi connectivity index (χ0v) is 25.8. The van der Waals surface area contributed by atoms with Gasteiger partial charge in [0, 0.05) is 38.4 Å². The highest BCUT2D eigenvalue weighted by Crippen LogP contribution is 2.43. The Labute approximate surface area is 275 Å². The number of anilines is 1. The summed E-state index contributed by atoms with van der Waals surface area (Å²) in [5.74, 6) is 0. The van der Waals surface area contributed by atoms with E-state index in [2.05, 4.69) is 162 Å². The van der Waals surface area contributed by atoms with Crippen molar-refractivity contribution in [2.24, 2.45) is 4.99 Å². The summed E-state index contributed by atoms with van der Waals surface area (Å²) in [7, 11) is 0. The minimum Gasteiger partial charge on any atom is -0.455 e. The second-order valence-electron chi connectivity index (χ2n) is 12.8. The average Bonchev–Trinajstić information content (AvgIpc) is 3.69. The molecular weight excluding hydrogens is 587 g/mol. The van der Waals surface area contributed by atoms with E-state index in [9.17, 15) is 0 Å². The molecule has 11 rings (SSSR count).